The van der Waals surface area contributed by atoms with Crippen LogP contribution in [-0.4, -0.2) is 62.6 Å². The highest BCUT2D eigenvalue weighted by Gasteiger charge is 2.37. The predicted octanol–water partition coefficient (Wildman–Crippen LogP) is -0.168. The second kappa shape index (κ2) is 6.63. The van der Waals surface area contributed by atoms with Gasteiger partial charge in [0.25, 0.3) is 11.8 Å². The van der Waals surface area contributed by atoms with Gasteiger partial charge in [-0.05, 0) is 30.3 Å². The summed E-state index contributed by atoms with van der Waals surface area (Å²) in [6.07, 6.45) is 1.00. The van der Waals surface area contributed by atoms with Crippen molar-refractivity contribution >= 4 is 17.8 Å². The van der Waals surface area contributed by atoms with Crippen molar-refractivity contribution < 1.29 is 29.5 Å². The Morgan fingerprint density at radius 3 is 2.50 bits per heavy atom. The maximum absolute atomic E-state index is 12.1. The van der Waals surface area contributed by atoms with E-state index in [1.54, 1.807) is 24.3 Å². The lowest BCUT2D eigenvalue weighted by Crippen LogP contribution is -2.53. The Balaban J connectivity index is 1.55. The number of benzene rings is 1. The first-order valence-corrected chi connectivity index (χ1v) is 7.31. The Hall–Kier alpha value is -2.37. The van der Waals surface area contributed by atoms with E-state index in [2.05, 4.69) is 5.59 Å². The molecule has 1 aromatic carbocycles. The fourth-order valence-corrected chi connectivity index (χ4v) is 2.79. The van der Waals surface area contributed by atoms with Gasteiger partial charge in [-0.3, -0.25) is 24.4 Å². The summed E-state index contributed by atoms with van der Waals surface area (Å²) < 4.78 is 0. The molecule has 1 atom stereocenters. The third-order valence-corrected chi connectivity index (χ3v) is 3.97. The van der Waals surface area contributed by atoms with Crippen LogP contribution in [0.2, 0.25) is 0 Å². The largest absolute Gasteiger partial charge is 0.480 e. The fraction of sp³-hybridized carbons (Fsp3) is 0.357. The van der Waals surface area contributed by atoms with E-state index in [-0.39, 0.29) is 11.1 Å². The van der Waals surface area contributed by atoms with Gasteiger partial charge in [-0.25, -0.2) is 4.90 Å². The van der Waals surface area contributed by atoms with E-state index in [1.165, 1.54) is 5.01 Å². The third kappa shape index (κ3) is 2.88. The number of carboxylic acids is 1. The summed E-state index contributed by atoms with van der Waals surface area (Å²) in [5.41, 5.74) is 2.69. The zero-order valence-corrected chi connectivity index (χ0v) is 12.6. The van der Waals surface area contributed by atoms with Crippen LogP contribution in [0.4, 0.5) is 0 Å². The number of aliphatic carboxylic acids is 1. The van der Waals surface area contributed by atoms with E-state index in [0.717, 1.165) is 4.90 Å². The van der Waals surface area contributed by atoms with Crippen molar-refractivity contribution in [2.45, 2.75) is 18.9 Å². The second-order valence-corrected chi connectivity index (χ2v) is 5.40. The van der Waals surface area contributed by atoms with E-state index in [9.17, 15) is 19.6 Å². The van der Waals surface area contributed by atoms with Gasteiger partial charge in [-0.2, -0.15) is 5.01 Å². The number of nitrogens with one attached hydrogen (secondary N) is 1. The number of amides is 2. The average molecular weight is 336 g/mol. The van der Waals surface area contributed by atoms with Crippen LogP contribution >= 0.6 is 0 Å². The fourth-order valence-electron chi connectivity index (χ4n) is 2.79. The first-order valence-electron chi connectivity index (χ1n) is 7.31. The van der Waals surface area contributed by atoms with Crippen LogP contribution in [0.25, 0.3) is 0 Å². The molecule has 24 heavy (non-hydrogen) atoms. The molecule has 0 unspecified atom stereocenters. The van der Waals surface area contributed by atoms with Crippen molar-refractivity contribution in [1.82, 2.24) is 20.8 Å². The molecule has 10 nitrogen and oxygen atoms in total. The van der Waals surface area contributed by atoms with Crippen LogP contribution < -0.4 is 5.59 Å². The van der Waals surface area contributed by atoms with Crippen molar-refractivity contribution in [3.8, 4) is 0 Å². The van der Waals surface area contributed by atoms with Gasteiger partial charge < -0.3 is 5.11 Å². The number of nitrogens with zero attached hydrogens (tertiary/aromatic N) is 3. The molecule has 0 bridgehead atoms. The summed E-state index contributed by atoms with van der Waals surface area (Å²) in [4.78, 5) is 41.1. The molecule has 0 aromatic heterocycles. The molecule has 128 valence electrons. The third-order valence-electron chi connectivity index (χ3n) is 3.97. The number of fused-ring (bicyclic) bond motifs is 1. The lowest BCUT2D eigenvalue weighted by molar-refractivity contribution is -0.349. The molecule has 1 aromatic rings. The van der Waals surface area contributed by atoms with E-state index in [1.807, 2.05) is 0 Å². The molecule has 0 saturated carbocycles. The second-order valence-electron chi connectivity index (χ2n) is 5.40. The van der Waals surface area contributed by atoms with Gasteiger partial charge in [-0.15, -0.1) is 0 Å². The number of carboxylic acid groups (broad SMARTS) is 1. The lowest BCUT2D eigenvalue weighted by atomic mass is 10.1. The zero-order chi connectivity index (χ0) is 17.3. The summed E-state index contributed by atoms with van der Waals surface area (Å²) in [5, 5.41) is 20.5. The Morgan fingerprint density at radius 2 is 1.92 bits per heavy atom. The molecule has 10 heteroatoms. The van der Waals surface area contributed by atoms with Crippen LogP contribution in [0, 0.1) is 0 Å². The smallest absolute Gasteiger partial charge is 0.322 e. The molecule has 2 aliphatic rings. The van der Waals surface area contributed by atoms with E-state index < -0.39 is 30.6 Å². The van der Waals surface area contributed by atoms with Gasteiger partial charge in [0.05, 0.1) is 11.1 Å². The summed E-state index contributed by atoms with van der Waals surface area (Å²) in [6.45, 7) is -0.105. The van der Waals surface area contributed by atoms with Crippen molar-refractivity contribution in [1.29, 1.82) is 0 Å². The molecule has 3 rings (SSSR count). The Bertz CT molecular complexity index is 646. The number of rotatable bonds is 6. The van der Waals surface area contributed by atoms with Crippen LogP contribution in [0.1, 0.15) is 33.6 Å². The highest BCUT2D eigenvalue weighted by molar-refractivity contribution is 6.21. The highest BCUT2D eigenvalue weighted by Crippen LogP contribution is 2.22. The summed E-state index contributed by atoms with van der Waals surface area (Å²) in [5.74, 6) is -2.05. The predicted molar refractivity (Wildman–Crippen MR) is 77.0 cm³/mol. The van der Waals surface area contributed by atoms with Crippen molar-refractivity contribution in [2.75, 3.05) is 13.3 Å². The highest BCUT2D eigenvalue weighted by atomic mass is 16.8. The Kier molecular flexibility index (Phi) is 4.55. The van der Waals surface area contributed by atoms with E-state index in [4.69, 9.17) is 9.94 Å². The van der Waals surface area contributed by atoms with Gasteiger partial charge in [0.15, 0.2) is 6.73 Å². The van der Waals surface area contributed by atoms with E-state index in [0.29, 0.717) is 24.7 Å². The van der Waals surface area contributed by atoms with Crippen LogP contribution in [-0.2, 0) is 9.63 Å². The first-order chi connectivity index (χ1) is 11.5. The van der Waals surface area contributed by atoms with Crippen molar-refractivity contribution in [3.05, 3.63) is 35.4 Å². The van der Waals surface area contributed by atoms with Gasteiger partial charge in [-0.1, -0.05) is 17.7 Å². The number of hydrazine groups is 2. The summed E-state index contributed by atoms with van der Waals surface area (Å²) in [6, 6.07) is 5.53. The molecule has 1 fully saturated rings. The molecule has 3 N–H and O–H groups in total. The number of carbonyl (C=O) groups excluding carboxylic acids is 2. The van der Waals surface area contributed by atoms with E-state index >= 15 is 0 Å². The number of hydrogen-bond donors (Lipinski definition) is 3. The lowest BCUT2D eigenvalue weighted by Gasteiger charge is -2.28. The molecule has 2 aliphatic heterocycles. The molecular formula is C14H16N4O6. The van der Waals surface area contributed by atoms with Crippen molar-refractivity contribution in [2.24, 2.45) is 0 Å². The monoisotopic (exact) mass is 336 g/mol. The molecular weight excluding hydrogens is 320 g/mol. The number of hydrogen-bond acceptors (Lipinski definition) is 8. The molecule has 0 spiro atoms. The van der Waals surface area contributed by atoms with Crippen molar-refractivity contribution in [3.63, 3.8) is 0 Å². The average Bonchev–Trinajstić information content (AvgIpc) is 3.15. The minimum atomic E-state index is -1.06. The van der Waals surface area contributed by atoms with Gasteiger partial charge in [0, 0.05) is 6.54 Å². The molecule has 2 heterocycles. The quantitative estimate of drug-likeness (QED) is 0.480. The number of imide groups is 1. The standard InChI is InChI=1S/C14H16N4O6/c19-12-9-4-1-2-5-10(9)13(20)16(12)8-24-15-18(23)17-7-3-6-11(17)14(21)22/h1-2,4-5,11,15,23H,3,6-8H2,(H,21,22)/t11-/m0/s1. The van der Waals surface area contributed by atoms with Gasteiger partial charge >= 0.3 is 5.97 Å². The minimum Gasteiger partial charge on any atom is -0.480 e. The van der Waals surface area contributed by atoms with Crippen LogP contribution in [0.15, 0.2) is 24.3 Å². The van der Waals surface area contributed by atoms with Crippen LogP contribution in [0.3, 0.4) is 0 Å². The molecule has 0 radical (unpaired) electrons. The SMILES string of the molecule is O=C(O)[C@@H]1CCCN1N(O)NOCN1C(=O)c2ccccc2C1=O. The maximum Gasteiger partial charge on any atom is 0.322 e. The Morgan fingerprint density at radius 1 is 1.29 bits per heavy atom. The first kappa shape index (κ1) is 16.5. The van der Waals surface area contributed by atoms with Crippen LogP contribution in [0.5, 0.6) is 0 Å². The maximum atomic E-state index is 12.1. The number of carbonyl (C=O) groups is 3. The van der Waals surface area contributed by atoms with Gasteiger partial charge in [0.1, 0.15) is 6.04 Å². The van der Waals surface area contributed by atoms with Gasteiger partial charge in [0.2, 0.25) is 0 Å². The molecule has 1 saturated heterocycles. The summed E-state index contributed by atoms with van der Waals surface area (Å²) in [7, 11) is 0. The topological polar surface area (TPSA) is 123 Å². The minimum absolute atomic E-state index is 0.289. The summed E-state index contributed by atoms with van der Waals surface area (Å²) >= 11 is 0. The Labute approximate surface area is 136 Å². The zero-order valence-electron chi connectivity index (χ0n) is 12.6. The molecule has 2 amide bonds. The normalized spacial score (nSPS) is 20.9. The molecule has 0 aliphatic carbocycles.